The van der Waals surface area contributed by atoms with Crippen molar-refractivity contribution in [3.8, 4) is 0 Å². The van der Waals surface area contributed by atoms with Crippen LogP contribution in [0.15, 0.2) is 0 Å². The predicted molar refractivity (Wildman–Crippen MR) is 55.6 cm³/mol. The Balaban J connectivity index is 3.44. The fourth-order valence-electron chi connectivity index (χ4n) is 0.914. The Morgan fingerprint density at radius 2 is 1.92 bits per heavy atom. The van der Waals surface area contributed by atoms with Crippen molar-refractivity contribution in [2.45, 2.75) is 24.3 Å². The summed E-state index contributed by atoms with van der Waals surface area (Å²) in [7, 11) is 1.88. The third-order valence-corrected chi connectivity index (χ3v) is 4.59. The van der Waals surface area contributed by atoms with E-state index in [1.165, 1.54) is 0 Å². The van der Waals surface area contributed by atoms with E-state index in [0.29, 0.717) is 5.88 Å². The van der Waals surface area contributed by atoms with Crippen LogP contribution in [0.2, 0.25) is 6.04 Å². The van der Waals surface area contributed by atoms with Gasteiger partial charge >= 0.3 is 9.28 Å². The topological polar surface area (TPSA) is 18.5 Å². The number of hydrogen-bond donors (Lipinski definition) is 0. The fraction of sp³-hybridized carbons (Fsp3) is 1.00. The summed E-state index contributed by atoms with van der Waals surface area (Å²) >= 11 is 11.6. The second-order valence-electron chi connectivity index (χ2n) is 2.57. The van der Waals surface area contributed by atoms with Crippen LogP contribution in [0.4, 0.5) is 0 Å². The zero-order valence-electron chi connectivity index (χ0n) is 7.56. The van der Waals surface area contributed by atoms with Crippen LogP contribution in [-0.2, 0) is 8.85 Å². The minimum Gasteiger partial charge on any atom is -0.400 e. The van der Waals surface area contributed by atoms with E-state index >= 15 is 0 Å². The van der Waals surface area contributed by atoms with Gasteiger partial charge in [0.2, 0.25) is 0 Å². The van der Waals surface area contributed by atoms with Crippen LogP contribution in [0.5, 0.6) is 0 Å². The molecule has 0 radical (unpaired) electrons. The molecule has 1 unspecified atom stereocenters. The molecule has 12 heavy (non-hydrogen) atoms. The number of hydrogen-bond acceptors (Lipinski definition) is 2. The highest BCUT2D eigenvalue weighted by molar-refractivity contribution is 6.46. The van der Waals surface area contributed by atoms with Crippen molar-refractivity contribution >= 4 is 32.5 Å². The van der Waals surface area contributed by atoms with Gasteiger partial charge in [-0.15, -0.1) is 23.2 Å². The van der Waals surface area contributed by atoms with Crippen molar-refractivity contribution in [1.29, 1.82) is 0 Å². The summed E-state index contributed by atoms with van der Waals surface area (Å²) in [6.07, 6.45) is 1.91. The predicted octanol–water partition coefficient (Wildman–Crippen LogP) is 2.13. The fourth-order valence-corrected chi connectivity index (χ4v) is 2.89. The summed E-state index contributed by atoms with van der Waals surface area (Å²) in [6, 6.07) is 0.853. The first-order valence-electron chi connectivity index (χ1n) is 4.00. The number of alkyl halides is 2. The van der Waals surface area contributed by atoms with E-state index in [2.05, 4.69) is 0 Å². The minimum atomic E-state index is -1.47. The van der Waals surface area contributed by atoms with Gasteiger partial charge in [-0.25, -0.2) is 0 Å². The summed E-state index contributed by atoms with van der Waals surface area (Å²) in [5.41, 5.74) is 0. The normalized spacial score (nSPS) is 13.8. The van der Waals surface area contributed by atoms with Crippen LogP contribution < -0.4 is 0 Å². The molecule has 0 aromatic rings. The van der Waals surface area contributed by atoms with E-state index in [-0.39, 0.29) is 5.38 Å². The molecule has 1 atom stereocenters. The van der Waals surface area contributed by atoms with Gasteiger partial charge in [-0.05, 0) is 12.8 Å². The molecular weight excluding hydrogens is 215 g/mol. The van der Waals surface area contributed by atoms with Crippen molar-refractivity contribution in [3.63, 3.8) is 0 Å². The van der Waals surface area contributed by atoms with Crippen LogP contribution >= 0.6 is 23.2 Å². The molecule has 0 saturated carbocycles. The molecule has 0 bridgehead atoms. The van der Waals surface area contributed by atoms with Crippen LogP contribution in [-0.4, -0.2) is 34.8 Å². The molecule has 0 aromatic carbocycles. The van der Waals surface area contributed by atoms with Gasteiger partial charge in [-0.2, -0.15) is 0 Å². The van der Waals surface area contributed by atoms with Crippen molar-refractivity contribution in [2.24, 2.45) is 0 Å². The lowest BCUT2D eigenvalue weighted by Gasteiger charge is -2.14. The molecule has 74 valence electrons. The van der Waals surface area contributed by atoms with Gasteiger partial charge in [0, 0.05) is 31.5 Å². The molecule has 0 saturated heterocycles. The zero-order valence-corrected chi connectivity index (χ0v) is 10.2. The van der Waals surface area contributed by atoms with E-state index in [0.717, 1.165) is 18.9 Å². The first-order valence-corrected chi connectivity index (χ1v) is 6.73. The molecule has 0 amide bonds. The Kier molecular flexibility index (Phi) is 8.82. The average molecular weight is 231 g/mol. The quantitative estimate of drug-likeness (QED) is 0.493. The Labute approximate surface area is 86.0 Å². The Bertz CT molecular complexity index is 101. The van der Waals surface area contributed by atoms with E-state index in [4.69, 9.17) is 32.1 Å². The number of halogens is 2. The molecule has 0 spiro atoms. The SMILES string of the molecule is CO[SiH](CC(Cl)CCCCl)OC. The lowest BCUT2D eigenvalue weighted by molar-refractivity contribution is 0.276. The Morgan fingerprint density at radius 3 is 2.33 bits per heavy atom. The highest BCUT2D eigenvalue weighted by Gasteiger charge is 2.15. The molecule has 0 aromatic heterocycles. The summed E-state index contributed by atoms with van der Waals surface area (Å²) in [5, 5.41) is 0.153. The monoisotopic (exact) mass is 230 g/mol. The van der Waals surface area contributed by atoms with E-state index in [1.54, 1.807) is 14.2 Å². The summed E-state index contributed by atoms with van der Waals surface area (Å²) in [4.78, 5) is 0. The Hall–Kier alpha value is 0.717. The Morgan fingerprint density at radius 1 is 1.33 bits per heavy atom. The molecular formula is C7H16Cl2O2Si. The van der Waals surface area contributed by atoms with E-state index in [1.807, 2.05) is 0 Å². The minimum absolute atomic E-state index is 0.153. The maximum Gasteiger partial charge on any atom is 0.322 e. The number of rotatable bonds is 7. The van der Waals surface area contributed by atoms with Gasteiger partial charge in [0.25, 0.3) is 0 Å². The highest BCUT2D eigenvalue weighted by atomic mass is 35.5. The molecule has 0 aliphatic heterocycles. The molecule has 0 N–H and O–H groups in total. The summed E-state index contributed by atoms with van der Waals surface area (Å²) < 4.78 is 10.3. The smallest absolute Gasteiger partial charge is 0.322 e. The van der Waals surface area contributed by atoms with Gasteiger partial charge in [-0.1, -0.05) is 0 Å². The van der Waals surface area contributed by atoms with Gasteiger partial charge in [0.1, 0.15) is 0 Å². The average Bonchev–Trinajstić information content (AvgIpc) is 2.10. The van der Waals surface area contributed by atoms with Crippen LogP contribution in [0.3, 0.4) is 0 Å². The van der Waals surface area contributed by atoms with Crippen molar-refractivity contribution in [3.05, 3.63) is 0 Å². The maximum atomic E-state index is 6.03. The molecule has 2 nitrogen and oxygen atoms in total. The van der Waals surface area contributed by atoms with Gasteiger partial charge in [0.15, 0.2) is 0 Å². The summed E-state index contributed by atoms with van der Waals surface area (Å²) in [6.45, 7) is 0. The lowest BCUT2D eigenvalue weighted by atomic mass is 10.3. The zero-order chi connectivity index (χ0) is 9.40. The molecule has 0 rings (SSSR count). The third kappa shape index (κ3) is 6.26. The second kappa shape index (κ2) is 8.32. The van der Waals surface area contributed by atoms with Gasteiger partial charge in [0.05, 0.1) is 0 Å². The highest BCUT2D eigenvalue weighted by Crippen LogP contribution is 2.13. The third-order valence-electron chi connectivity index (χ3n) is 1.62. The van der Waals surface area contributed by atoms with Crippen molar-refractivity contribution in [1.82, 2.24) is 0 Å². The second-order valence-corrected chi connectivity index (χ2v) is 5.83. The van der Waals surface area contributed by atoms with Crippen molar-refractivity contribution < 1.29 is 8.85 Å². The first kappa shape index (κ1) is 12.7. The molecule has 0 fully saturated rings. The largest absolute Gasteiger partial charge is 0.400 e. The maximum absolute atomic E-state index is 6.03. The lowest BCUT2D eigenvalue weighted by Crippen LogP contribution is -2.23. The van der Waals surface area contributed by atoms with Crippen LogP contribution in [0.1, 0.15) is 12.8 Å². The van der Waals surface area contributed by atoms with Gasteiger partial charge < -0.3 is 8.85 Å². The van der Waals surface area contributed by atoms with Gasteiger partial charge in [-0.3, -0.25) is 0 Å². The van der Waals surface area contributed by atoms with Crippen LogP contribution in [0, 0.1) is 0 Å². The summed E-state index contributed by atoms with van der Waals surface area (Å²) in [5.74, 6) is 0.676. The molecule has 5 heteroatoms. The molecule has 0 heterocycles. The van der Waals surface area contributed by atoms with Crippen molar-refractivity contribution in [2.75, 3.05) is 20.1 Å². The molecule has 0 aliphatic rings. The first-order chi connectivity index (χ1) is 5.74. The standard InChI is InChI=1S/C7H16Cl2O2Si/c1-10-12(11-2)6-7(9)4-3-5-8/h7,12H,3-6H2,1-2H3. The molecule has 0 aliphatic carbocycles. The van der Waals surface area contributed by atoms with E-state index < -0.39 is 9.28 Å². The van der Waals surface area contributed by atoms with Crippen LogP contribution in [0.25, 0.3) is 0 Å². The van der Waals surface area contributed by atoms with E-state index in [9.17, 15) is 0 Å².